The number of hydrogen-bond acceptors (Lipinski definition) is 0. The maximum atomic E-state index is 3.16. The smallest absolute Gasteiger partial charge is 0.0152 e. The molecule has 0 spiro atoms. The van der Waals surface area contributed by atoms with Crippen LogP contribution < -0.4 is 0 Å². The van der Waals surface area contributed by atoms with Gasteiger partial charge in [-0.2, -0.15) is 0 Å². The topological polar surface area (TPSA) is 0 Å². The molecule has 0 bridgehead atoms. The summed E-state index contributed by atoms with van der Waals surface area (Å²) in [5.74, 6) is 0. The van der Waals surface area contributed by atoms with Crippen LogP contribution in [0, 0.1) is 19.9 Å². The summed E-state index contributed by atoms with van der Waals surface area (Å²) in [5, 5.41) is 0. The van der Waals surface area contributed by atoms with Crippen molar-refractivity contribution in [2.45, 2.75) is 13.8 Å². The van der Waals surface area contributed by atoms with Crippen molar-refractivity contribution in [2.24, 2.45) is 0 Å². The molecule has 0 aliphatic rings. The lowest BCUT2D eigenvalue weighted by Gasteiger charge is -2.03. The molecule has 2 rings (SSSR count). The first-order chi connectivity index (χ1) is 6.75. The van der Waals surface area contributed by atoms with Crippen molar-refractivity contribution < 1.29 is 0 Å². The molecule has 1 radical (unpaired) electrons. The van der Waals surface area contributed by atoms with Gasteiger partial charge in [-0.1, -0.05) is 48.0 Å². The van der Waals surface area contributed by atoms with Crippen molar-refractivity contribution in [3.8, 4) is 11.1 Å². The van der Waals surface area contributed by atoms with Gasteiger partial charge < -0.3 is 0 Å². The summed E-state index contributed by atoms with van der Waals surface area (Å²) in [7, 11) is 0. The van der Waals surface area contributed by atoms with Gasteiger partial charge >= 0.3 is 0 Å². The Morgan fingerprint density at radius 3 is 2.43 bits per heavy atom. The Morgan fingerprint density at radius 2 is 1.71 bits per heavy atom. The van der Waals surface area contributed by atoms with E-state index in [0.717, 1.165) is 0 Å². The van der Waals surface area contributed by atoms with E-state index in [1.54, 1.807) is 0 Å². The molecule has 0 saturated heterocycles. The van der Waals surface area contributed by atoms with Gasteiger partial charge in [-0.15, -0.1) is 0 Å². The number of hydrogen-bond donors (Lipinski definition) is 0. The van der Waals surface area contributed by atoms with E-state index >= 15 is 0 Å². The minimum Gasteiger partial charge on any atom is -0.0614 e. The summed E-state index contributed by atoms with van der Waals surface area (Å²) in [6.07, 6.45) is 0. The number of aryl methyl sites for hydroxylation is 2. The summed E-state index contributed by atoms with van der Waals surface area (Å²) >= 11 is 0. The third-order valence-corrected chi connectivity index (χ3v) is 2.30. The highest BCUT2D eigenvalue weighted by atomic mass is 14.0. The first kappa shape index (κ1) is 9.01. The molecule has 0 amide bonds. The van der Waals surface area contributed by atoms with Crippen LogP contribution in [-0.2, 0) is 0 Å². The number of benzene rings is 2. The van der Waals surface area contributed by atoms with Crippen molar-refractivity contribution in [1.29, 1.82) is 0 Å². The Labute approximate surface area is 85.2 Å². The molecule has 14 heavy (non-hydrogen) atoms. The molecular formula is C14H13. The summed E-state index contributed by atoms with van der Waals surface area (Å²) in [5.41, 5.74) is 5.03. The van der Waals surface area contributed by atoms with Gasteiger partial charge in [0.25, 0.3) is 0 Å². The molecule has 0 saturated carbocycles. The van der Waals surface area contributed by atoms with Crippen LogP contribution in [0.25, 0.3) is 11.1 Å². The van der Waals surface area contributed by atoms with E-state index < -0.39 is 0 Å². The largest absolute Gasteiger partial charge is 0.0614 e. The highest BCUT2D eigenvalue weighted by molar-refractivity contribution is 5.64. The zero-order valence-electron chi connectivity index (χ0n) is 8.54. The van der Waals surface area contributed by atoms with Crippen LogP contribution in [0.2, 0.25) is 0 Å². The minimum absolute atomic E-state index is 1.18. The van der Waals surface area contributed by atoms with Crippen molar-refractivity contribution in [3.05, 3.63) is 59.7 Å². The molecule has 0 aliphatic carbocycles. The van der Waals surface area contributed by atoms with Crippen molar-refractivity contribution >= 4 is 0 Å². The lowest BCUT2D eigenvalue weighted by Crippen LogP contribution is -1.80. The molecule has 0 fully saturated rings. The Balaban J connectivity index is 2.49. The van der Waals surface area contributed by atoms with Gasteiger partial charge in [0.05, 0.1) is 0 Å². The zero-order chi connectivity index (χ0) is 9.97. The normalized spacial score (nSPS) is 10.1. The molecule has 0 unspecified atom stereocenters. The average molecular weight is 181 g/mol. The van der Waals surface area contributed by atoms with E-state index in [-0.39, 0.29) is 0 Å². The quantitative estimate of drug-likeness (QED) is 0.628. The zero-order valence-corrected chi connectivity index (χ0v) is 8.54. The second-order valence-electron chi connectivity index (χ2n) is 3.63. The molecule has 0 heteroatoms. The average Bonchev–Trinajstić information content (AvgIpc) is 2.18. The standard InChI is InChI=1S/C14H13/c1-11-5-3-7-13(9-11)14-8-4-6-12(2)10-14/h3-5,7-10H,1-2H3. The molecule has 0 aromatic heterocycles. The Bertz CT molecular complexity index is 398. The van der Waals surface area contributed by atoms with Crippen molar-refractivity contribution in [1.82, 2.24) is 0 Å². The van der Waals surface area contributed by atoms with Gasteiger partial charge in [-0.05, 0) is 36.6 Å². The summed E-state index contributed by atoms with van der Waals surface area (Å²) in [6, 6.07) is 17.9. The SMILES string of the molecule is Cc1[c]ccc(-c2cccc(C)c2)c1. The third kappa shape index (κ3) is 1.85. The molecular weight excluding hydrogens is 168 g/mol. The predicted molar refractivity (Wildman–Crippen MR) is 60.2 cm³/mol. The van der Waals surface area contributed by atoms with E-state index in [0.29, 0.717) is 0 Å². The second-order valence-corrected chi connectivity index (χ2v) is 3.63. The minimum atomic E-state index is 1.18. The molecule has 2 aromatic rings. The summed E-state index contributed by atoms with van der Waals surface area (Å²) in [4.78, 5) is 0. The molecule has 0 atom stereocenters. The van der Waals surface area contributed by atoms with Crippen LogP contribution in [0.4, 0.5) is 0 Å². The molecule has 0 aliphatic heterocycles. The van der Waals surface area contributed by atoms with Crippen LogP contribution in [0.3, 0.4) is 0 Å². The summed E-state index contributed by atoms with van der Waals surface area (Å²) < 4.78 is 0. The van der Waals surface area contributed by atoms with Gasteiger partial charge in [-0.25, -0.2) is 0 Å². The van der Waals surface area contributed by atoms with E-state index in [2.05, 4.69) is 56.3 Å². The van der Waals surface area contributed by atoms with Crippen LogP contribution in [0.1, 0.15) is 11.1 Å². The van der Waals surface area contributed by atoms with Gasteiger partial charge in [0, 0.05) is 0 Å². The molecule has 0 N–H and O–H groups in total. The van der Waals surface area contributed by atoms with Crippen LogP contribution in [0.5, 0.6) is 0 Å². The fourth-order valence-electron chi connectivity index (χ4n) is 1.59. The van der Waals surface area contributed by atoms with Crippen molar-refractivity contribution in [2.75, 3.05) is 0 Å². The Morgan fingerprint density at radius 1 is 0.929 bits per heavy atom. The molecule has 69 valence electrons. The maximum Gasteiger partial charge on any atom is -0.0152 e. The van der Waals surface area contributed by atoms with Gasteiger partial charge in [0.2, 0.25) is 0 Å². The van der Waals surface area contributed by atoms with Gasteiger partial charge in [-0.3, -0.25) is 0 Å². The molecule has 2 aromatic carbocycles. The van der Waals surface area contributed by atoms with E-state index in [1.165, 1.54) is 22.3 Å². The lowest BCUT2D eigenvalue weighted by molar-refractivity contribution is 1.43. The monoisotopic (exact) mass is 181 g/mol. The Kier molecular flexibility index (Phi) is 2.36. The van der Waals surface area contributed by atoms with E-state index in [4.69, 9.17) is 0 Å². The first-order valence-corrected chi connectivity index (χ1v) is 4.81. The number of rotatable bonds is 1. The van der Waals surface area contributed by atoms with Gasteiger partial charge in [0.1, 0.15) is 0 Å². The van der Waals surface area contributed by atoms with Crippen LogP contribution in [0.15, 0.2) is 42.5 Å². The second kappa shape index (κ2) is 3.67. The Hall–Kier alpha value is -1.56. The van der Waals surface area contributed by atoms with E-state index in [1.807, 2.05) is 6.07 Å². The highest BCUT2D eigenvalue weighted by Gasteiger charge is 1.96. The fraction of sp³-hybridized carbons (Fsp3) is 0.143. The summed E-state index contributed by atoms with van der Waals surface area (Å²) in [6.45, 7) is 4.19. The van der Waals surface area contributed by atoms with E-state index in [9.17, 15) is 0 Å². The first-order valence-electron chi connectivity index (χ1n) is 4.81. The molecule has 0 nitrogen and oxygen atoms in total. The highest BCUT2D eigenvalue weighted by Crippen LogP contribution is 2.20. The molecule has 0 heterocycles. The third-order valence-electron chi connectivity index (χ3n) is 2.30. The maximum absolute atomic E-state index is 3.16. The van der Waals surface area contributed by atoms with Crippen LogP contribution >= 0.6 is 0 Å². The van der Waals surface area contributed by atoms with Crippen molar-refractivity contribution in [3.63, 3.8) is 0 Å². The van der Waals surface area contributed by atoms with Gasteiger partial charge in [0.15, 0.2) is 0 Å². The predicted octanol–water partition coefficient (Wildman–Crippen LogP) is 3.77. The fourth-order valence-corrected chi connectivity index (χ4v) is 1.59. The van der Waals surface area contributed by atoms with Crippen LogP contribution in [-0.4, -0.2) is 0 Å². The lowest BCUT2D eigenvalue weighted by atomic mass is 10.0.